The quantitative estimate of drug-likeness (QED) is 0.747. The zero-order valence-electron chi connectivity index (χ0n) is 6.65. The molecule has 0 fully saturated rings. The van der Waals surface area contributed by atoms with Crippen LogP contribution in [0.2, 0.25) is 0 Å². The average Bonchev–Trinajstić information content (AvgIpc) is 2.48. The molecule has 1 aliphatic carbocycles. The Morgan fingerprint density at radius 3 is 2.77 bits per heavy atom. The van der Waals surface area contributed by atoms with E-state index in [0.717, 1.165) is 17.5 Å². The van der Waals surface area contributed by atoms with Gasteiger partial charge in [0, 0.05) is 0 Å². The number of hydrogen-bond acceptors (Lipinski definition) is 0. The Balaban J connectivity index is 2.54. The van der Waals surface area contributed by atoms with Crippen molar-refractivity contribution in [3.63, 3.8) is 0 Å². The topological polar surface area (TPSA) is 0 Å². The molecule has 0 atom stereocenters. The van der Waals surface area contributed by atoms with Crippen molar-refractivity contribution in [2.45, 2.75) is 6.42 Å². The molecule has 0 nitrogen and oxygen atoms in total. The van der Waals surface area contributed by atoms with Gasteiger partial charge in [-0.15, -0.1) is 0 Å². The number of allylic oxidation sites excluding steroid dienone is 1. The fourth-order valence-corrected chi connectivity index (χ4v) is 4.41. The Morgan fingerprint density at radius 1 is 1.31 bits per heavy atom. The monoisotopic (exact) mass is 293 g/mol. The Bertz CT molecular complexity index is 374. The summed E-state index contributed by atoms with van der Waals surface area (Å²) >= 11 is -2.60. The number of halogens is 3. The SMILES string of the molecule is Fc1cc2c(c[c]1[Zr]([Cl])[Cl])C=CC2. The summed E-state index contributed by atoms with van der Waals surface area (Å²) in [4.78, 5) is 0. The second-order valence-corrected chi connectivity index (χ2v) is 11.1. The molecular formula is C9H6Cl2FZr. The molecule has 1 aromatic rings. The summed E-state index contributed by atoms with van der Waals surface area (Å²) in [6.45, 7) is 0. The van der Waals surface area contributed by atoms with Crippen LogP contribution in [0.25, 0.3) is 6.08 Å². The van der Waals surface area contributed by atoms with Crippen molar-refractivity contribution in [3.8, 4) is 0 Å². The van der Waals surface area contributed by atoms with Crippen LogP contribution in [0.1, 0.15) is 11.1 Å². The Hall–Kier alpha value is 0.353. The van der Waals surface area contributed by atoms with Crippen LogP contribution in [0.5, 0.6) is 0 Å². The van der Waals surface area contributed by atoms with Crippen molar-refractivity contribution in [2.24, 2.45) is 0 Å². The molecule has 4 heteroatoms. The minimum atomic E-state index is -2.60. The van der Waals surface area contributed by atoms with Crippen LogP contribution >= 0.6 is 17.0 Å². The molecule has 13 heavy (non-hydrogen) atoms. The van der Waals surface area contributed by atoms with Crippen molar-refractivity contribution in [1.82, 2.24) is 0 Å². The first-order valence-corrected chi connectivity index (χ1v) is 11.4. The summed E-state index contributed by atoms with van der Waals surface area (Å²) < 4.78 is 13.9. The fourth-order valence-electron chi connectivity index (χ4n) is 1.42. The maximum atomic E-state index is 13.3. The van der Waals surface area contributed by atoms with E-state index in [9.17, 15) is 4.39 Å². The number of hydrogen-bond donors (Lipinski definition) is 0. The van der Waals surface area contributed by atoms with Gasteiger partial charge in [-0.05, 0) is 0 Å². The van der Waals surface area contributed by atoms with Crippen molar-refractivity contribution in [2.75, 3.05) is 0 Å². The van der Waals surface area contributed by atoms with Gasteiger partial charge in [-0.3, -0.25) is 0 Å². The van der Waals surface area contributed by atoms with Gasteiger partial charge in [-0.25, -0.2) is 0 Å². The van der Waals surface area contributed by atoms with Gasteiger partial charge >= 0.3 is 91.7 Å². The Morgan fingerprint density at radius 2 is 2.08 bits per heavy atom. The number of rotatable bonds is 1. The normalized spacial score (nSPS) is 13.2. The first-order valence-electron chi connectivity index (χ1n) is 3.86. The van der Waals surface area contributed by atoms with Crippen LogP contribution in [-0.4, -0.2) is 0 Å². The maximum absolute atomic E-state index is 13.3. The molecule has 0 N–H and O–H groups in total. The van der Waals surface area contributed by atoms with E-state index < -0.39 is 19.4 Å². The third kappa shape index (κ3) is 1.91. The second-order valence-electron chi connectivity index (χ2n) is 2.90. The van der Waals surface area contributed by atoms with Crippen molar-refractivity contribution < 1.29 is 23.8 Å². The van der Waals surface area contributed by atoms with Crippen LogP contribution in [0, 0.1) is 5.82 Å². The zero-order chi connectivity index (χ0) is 9.42. The van der Waals surface area contributed by atoms with Gasteiger partial charge in [0.15, 0.2) is 0 Å². The van der Waals surface area contributed by atoms with Gasteiger partial charge in [0.05, 0.1) is 0 Å². The molecule has 1 aliphatic rings. The van der Waals surface area contributed by atoms with Crippen LogP contribution in [-0.2, 0) is 25.8 Å². The molecule has 2 rings (SSSR count). The Labute approximate surface area is 91.1 Å². The van der Waals surface area contributed by atoms with Gasteiger partial charge in [-0.1, -0.05) is 0 Å². The summed E-state index contributed by atoms with van der Waals surface area (Å²) in [7, 11) is 11.6. The molecule has 0 amide bonds. The summed E-state index contributed by atoms with van der Waals surface area (Å²) in [6.07, 6.45) is 4.81. The van der Waals surface area contributed by atoms with E-state index in [1.54, 1.807) is 12.1 Å². The summed E-state index contributed by atoms with van der Waals surface area (Å²) in [6, 6.07) is 3.35. The predicted octanol–water partition coefficient (Wildman–Crippen LogP) is 2.95. The van der Waals surface area contributed by atoms with Crippen molar-refractivity contribution in [1.29, 1.82) is 0 Å². The molecule has 0 bridgehead atoms. The molecule has 0 aromatic heterocycles. The molecule has 0 saturated carbocycles. The molecule has 0 heterocycles. The molecule has 0 radical (unpaired) electrons. The second kappa shape index (κ2) is 3.84. The third-order valence-electron chi connectivity index (χ3n) is 2.07. The molecule has 0 unspecified atom stereocenters. The van der Waals surface area contributed by atoms with Crippen LogP contribution in [0.3, 0.4) is 0 Å². The van der Waals surface area contributed by atoms with Gasteiger partial charge in [-0.2, -0.15) is 0 Å². The van der Waals surface area contributed by atoms with Crippen LogP contribution < -0.4 is 3.27 Å². The summed E-state index contributed by atoms with van der Waals surface area (Å²) in [5.41, 5.74) is 2.09. The van der Waals surface area contributed by atoms with E-state index in [1.165, 1.54) is 0 Å². The van der Waals surface area contributed by atoms with Crippen molar-refractivity contribution >= 4 is 26.4 Å². The summed E-state index contributed by atoms with van der Waals surface area (Å²) in [5, 5.41) is 0. The van der Waals surface area contributed by atoms with E-state index in [4.69, 9.17) is 17.0 Å². The molecule has 0 saturated heterocycles. The first kappa shape index (κ1) is 9.89. The van der Waals surface area contributed by atoms with Crippen molar-refractivity contribution in [3.05, 3.63) is 35.2 Å². The van der Waals surface area contributed by atoms with Gasteiger partial charge < -0.3 is 0 Å². The van der Waals surface area contributed by atoms with Gasteiger partial charge in [0.1, 0.15) is 0 Å². The molecule has 1 aromatic carbocycles. The third-order valence-corrected chi connectivity index (χ3v) is 6.42. The van der Waals surface area contributed by atoms with Gasteiger partial charge in [0.2, 0.25) is 0 Å². The van der Waals surface area contributed by atoms with E-state index in [1.807, 2.05) is 12.2 Å². The zero-order valence-corrected chi connectivity index (χ0v) is 10.6. The van der Waals surface area contributed by atoms with E-state index >= 15 is 0 Å². The number of fused-ring (bicyclic) bond motifs is 1. The fraction of sp³-hybridized carbons (Fsp3) is 0.111. The standard InChI is InChI=1S/C9H6F.2ClH.Zr/c10-9-5-4-7-2-1-3-8(7)6-9;;;/h1-2,4,6H,3H2;2*1H;/q;;;+2/p-2. The molecule has 67 valence electrons. The number of benzene rings is 1. The van der Waals surface area contributed by atoms with Crippen LogP contribution in [0.4, 0.5) is 4.39 Å². The molecular weight excluding hydrogens is 289 g/mol. The molecule has 0 spiro atoms. The molecule has 0 aliphatic heterocycles. The van der Waals surface area contributed by atoms with Crippen LogP contribution in [0.15, 0.2) is 18.2 Å². The predicted molar refractivity (Wildman–Crippen MR) is 50.5 cm³/mol. The average molecular weight is 295 g/mol. The van der Waals surface area contributed by atoms with E-state index in [2.05, 4.69) is 0 Å². The summed E-state index contributed by atoms with van der Waals surface area (Å²) in [5.74, 6) is -0.234. The van der Waals surface area contributed by atoms with E-state index in [0.29, 0.717) is 3.27 Å². The first-order chi connectivity index (χ1) is 6.18. The van der Waals surface area contributed by atoms with Gasteiger partial charge in [0.25, 0.3) is 0 Å². The van der Waals surface area contributed by atoms with E-state index in [-0.39, 0.29) is 5.82 Å². The Kier molecular flexibility index (Phi) is 2.92. The minimum absolute atomic E-state index is 0.234.